The Labute approximate surface area is 197 Å². The smallest absolute Gasteiger partial charge is 0.457 e. The van der Waals surface area contributed by atoms with E-state index in [1.165, 1.54) is 11.3 Å². The highest BCUT2D eigenvalue weighted by molar-refractivity contribution is 6.50. The van der Waals surface area contributed by atoms with Gasteiger partial charge in [0.1, 0.15) is 25.6 Å². The number of rotatable bonds is 3. The van der Waals surface area contributed by atoms with Crippen LogP contribution in [0.4, 0.5) is 17.3 Å². The zero-order valence-electron chi connectivity index (χ0n) is 18.8. The molecule has 0 spiro atoms. The monoisotopic (exact) mass is 465 g/mol. The molecular weight excluding hydrogens is 441 g/mol. The van der Waals surface area contributed by atoms with Gasteiger partial charge in [-0.15, -0.1) is 0 Å². The largest absolute Gasteiger partial charge is 0.673 e. The van der Waals surface area contributed by atoms with E-state index in [4.69, 9.17) is 4.74 Å². The number of benzene rings is 2. The van der Waals surface area contributed by atoms with E-state index >= 15 is 0 Å². The maximum absolute atomic E-state index is 9.75. The molecule has 1 heterocycles. The first-order valence-electron chi connectivity index (χ1n) is 10.6. The summed E-state index contributed by atoms with van der Waals surface area (Å²) in [4.78, 5) is 0. The van der Waals surface area contributed by atoms with Gasteiger partial charge in [-0.05, 0) is 47.1 Å². The summed E-state index contributed by atoms with van der Waals surface area (Å²) in [5.74, 6) is 1.68. The van der Waals surface area contributed by atoms with E-state index < -0.39 is 7.25 Å². The van der Waals surface area contributed by atoms with Gasteiger partial charge in [0.05, 0.1) is 0 Å². The number of nitrogens with zero attached hydrogens (tertiary/aromatic N) is 1. The summed E-state index contributed by atoms with van der Waals surface area (Å²) in [6.45, 7) is 0. The van der Waals surface area contributed by atoms with Crippen molar-refractivity contribution in [2.75, 3.05) is 14.1 Å². The van der Waals surface area contributed by atoms with E-state index in [-0.39, 0.29) is 0 Å². The summed E-state index contributed by atoms with van der Waals surface area (Å²) in [5, 5.41) is 0. The lowest BCUT2D eigenvalue weighted by Crippen LogP contribution is -2.09. The molecule has 34 heavy (non-hydrogen) atoms. The topological polar surface area (TPSA) is 12.2 Å². The van der Waals surface area contributed by atoms with E-state index in [0.29, 0.717) is 0 Å². The zero-order valence-corrected chi connectivity index (χ0v) is 18.8. The Hall–Kier alpha value is -3.87. The van der Waals surface area contributed by atoms with Crippen molar-refractivity contribution in [1.29, 1.82) is 0 Å². The average molecular weight is 465 g/mol. The quantitative estimate of drug-likeness (QED) is 0.268. The minimum absolute atomic E-state index is 0.821. The molecule has 0 aromatic heterocycles. The summed E-state index contributed by atoms with van der Waals surface area (Å²) in [5.41, 5.74) is 5.69. The average Bonchev–Trinajstić information content (AvgIpc) is 2.83. The van der Waals surface area contributed by atoms with Crippen molar-refractivity contribution in [3.63, 3.8) is 0 Å². The van der Waals surface area contributed by atoms with Crippen molar-refractivity contribution in [3.05, 3.63) is 132 Å². The number of ether oxygens (including phenoxy) is 1. The second kappa shape index (κ2) is 11.3. The highest BCUT2D eigenvalue weighted by Gasteiger charge is 2.20. The molecule has 0 saturated carbocycles. The van der Waals surface area contributed by atoms with Crippen molar-refractivity contribution in [1.82, 2.24) is 0 Å². The lowest BCUT2D eigenvalue weighted by Gasteiger charge is -2.18. The minimum atomic E-state index is -6.00. The van der Waals surface area contributed by atoms with Crippen LogP contribution in [0.5, 0.6) is 0 Å². The van der Waals surface area contributed by atoms with Gasteiger partial charge in [0, 0.05) is 17.7 Å². The molecule has 0 atom stereocenters. The zero-order chi connectivity index (χ0) is 24.6. The van der Waals surface area contributed by atoms with Crippen LogP contribution in [0, 0.1) is 0 Å². The van der Waals surface area contributed by atoms with E-state index in [2.05, 4.69) is 83.5 Å². The van der Waals surface area contributed by atoms with Crippen LogP contribution in [0.2, 0.25) is 0 Å². The number of hydrogen-bond donors (Lipinski definition) is 0. The second-order valence-corrected chi connectivity index (χ2v) is 7.66. The van der Waals surface area contributed by atoms with Crippen LogP contribution < -0.4 is 0 Å². The highest BCUT2D eigenvalue weighted by Crippen LogP contribution is 2.31. The first-order chi connectivity index (χ1) is 16.2. The van der Waals surface area contributed by atoms with Gasteiger partial charge in [-0.2, -0.15) is 0 Å². The van der Waals surface area contributed by atoms with Crippen molar-refractivity contribution < 1.29 is 26.6 Å². The van der Waals surface area contributed by atoms with E-state index in [0.717, 1.165) is 28.2 Å². The van der Waals surface area contributed by atoms with Gasteiger partial charge in [0.2, 0.25) is 0 Å². The standard InChI is InChI=1S/C27H24NO.BF4/c1-28(2)25-16-13-21(14-17-25)15-18-26-19-24(22-9-5-3-6-10-22)20-27(29-26)23-11-7-4-8-12-23;2-1(3,4)5/h3-20H,1-2H3;/q+1;-1/b26-18-;. The van der Waals surface area contributed by atoms with Crippen LogP contribution in [0.25, 0.3) is 11.3 Å². The van der Waals surface area contributed by atoms with E-state index in [1.54, 1.807) is 0 Å². The lowest BCUT2D eigenvalue weighted by molar-refractivity contribution is -0.462. The molecule has 0 amide bonds. The lowest BCUT2D eigenvalue weighted by atomic mass is 10.0. The van der Waals surface area contributed by atoms with Gasteiger partial charge in [-0.3, -0.25) is 0 Å². The SMILES string of the molecule is C[N+](C)=C1C=CC(=C/C=C2/C=C(c3ccccc3)C=C(c3ccccc3)O2)C=C1.F[B-](F)(F)F. The van der Waals surface area contributed by atoms with E-state index in [1.807, 2.05) is 44.4 Å². The molecule has 0 bridgehead atoms. The van der Waals surface area contributed by atoms with Crippen LogP contribution in [-0.2, 0) is 4.74 Å². The van der Waals surface area contributed by atoms with Gasteiger partial charge < -0.3 is 22.0 Å². The van der Waals surface area contributed by atoms with Crippen molar-refractivity contribution in [3.8, 4) is 0 Å². The molecule has 2 aromatic carbocycles. The second-order valence-electron chi connectivity index (χ2n) is 7.66. The molecule has 2 aromatic rings. The van der Waals surface area contributed by atoms with Gasteiger partial charge in [0.15, 0.2) is 5.71 Å². The first kappa shape index (κ1) is 24.8. The van der Waals surface area contributed by atoms with Gasteiger partial charge in [0.25, 0.3) is 0 Å². The number of allylic oxidation sites excluding steroid dienone is 10. The molecule has 7 heteroatoms. The molecule has 1 aliphatic carbocycles. The Morgan fingerprint density at radius 1 is 0.706 bits per heavy atom. The Bertz CT molecular complexity index is 1190. The summed E-state index contributed by atoms with van der Waals surface area (Å²) in [6.07, 6.45) is 16.8. The van der Waals surface area contributed by atoms with Crippen LogP contribution >= 0.6 is 0 Å². The maximum Gasteiger partial charge on any atom is 0.673 e. The molecule has 0 fully saturated rings. The number of hydrogen-bond acceptors (Lipinski definition) is 1. The van der Waals surface area contributed by atoms with Crippen molar-refractivity contribution in [2.45, 2.75) is 0 Å². The summed E-state index contributed by atoms with van der Waals surface area (Å²) in [7, 11) is -1.91. The molecule has 0 N–H and O–H groups in total. The predicted octanol–water partition coefficient (Wildman–Crippen LogP) is 7.09. The molecule has 2 aliphatic rings. The Balaban J connectivity index is 0.000000588. The highest BCUT2D eigenvalue weighted by atomic mass is 19.5. The van der Waals surface area contributed by atoms with Crippen LogP contribution in [0.1, 0.15) is 11.1 Å². The summed E-state index contributed by atoms with van der Waals surface area (Å²) >= 11 is 0. The summed E-state index contributed by atoms with van der Waals surface area (Å²) < 4.78 is 47.3. The predicted molar refractivity (Wildman–Crippen MR) is 132 cm³/mol. The fourth-order valence-corrected chi connectivity index (χ4v) is 3.21. The Morgan fingerprint density at radius 2 is 1.24 bits per heavy atom. The molecule has 1 aliphatic heterocycles. The molecular formula is C27H24BF4NO. The Morgan fingerprint density at radius 3 is 1.76 bits per heavy atom. The molecule has 0 saturated heterocycles. The molecule has 174 valence electrons. The van der Waals surface area contributed by atoms with Crippen molar-refractivity contribution >= 4 is 24.3 Å². The molecule has 4 rings (SSSR count). The third-order valence-electron chi connectivity index (χ3n) is 4.83. The molecule has 2 nitrogen and oxygen atoms in total. The van der Waals surface area contributed by atoms with Crippen molar-refractivity contribution in [2.24, 2.45) is 0 Å². The summed E-state index contributed by atoms with van der Waals surface area (Å²) in [6, 6.07) is 20.6. The van der Waals surface area contributed by atoms with Crippen LogP contribution in [0.15, 0.2) is 121 Å². The third-order valence-corrected chi connectivity index (χ3v) is 4.83. The van der Waals surface area contributed by atoms with Gasteiger partial charge >= 0.3 is 7.25 Å². The van der Waals surface area contributed by atoms with Gasteiger partial charge in [-0.25, -0.2) is 4.58 Å². The van der Waals surface area contributed by atoms with Crippen LogP contribution in [-0.4, -0.2) is 31.6 Å². The normalized spacial score (nSPS) is 16.2. The molecule has 0 radical (unpaired) electrons. The maximum atomic E-state index is 9.75. The van der Waals surface area contributed by atoms with Gasteiger partial charge in [-0.1, -0.05) is 66.7 Å². The Kier molecular flexibility index (Phi) is 8.25. The number of halogens is 4. The molecule has 0 unspecified atom stereocenters. The third kappa shape index (κ3) is 7.92. The first-order valence-corrected chi connectivity index (χ1v) is 10.6. The van der Waals surface area contributed by atoms with Crippen LogP contribution in [0.3, 0.4) is 0 Å². The minimum Gasteiger partial charge on any atom is -0.457 e. The fraction of sp³-hybridized carbons (Fsp3) is 0.0741. The fourth-order valence-electron chi connectivity index (χ4n) is 3.21. The van der Waals surface area contributed by atoms with E-state index in [9.17, 15) is 17.3 Å².